The molecule has 0 aliphatic carbocycles. The molecule has 0 aromatic heterocycles. The van der Waals surface area contributed by atoms with E-state index >= 15 is 0 Å². The van der Waals surface area contributed by atoms with Crippen LogP contribution in [0.3, 0.4) is 0 Å². The summed E-state index contributed by atoms with van der Waals surface area (Å²) in [4.78, 5) is 17.4. The van der Waals surface area contributed by atoms with Gasteiger partial charge in [-0.25, -0.2) is 14.1 Å². The summed E-state index contributed by atoms with van der Waals surface area (Å²) >= 11 is 0. The topological polar surface area (TPSA) is 53.7 Å². The Kier molecular flexibility index (Phi) is 6.47. The van der Waals surface area contributed by atoms with Crippen molar-refractivity contribution in [2.75, 3.05) is 13.6 Å². The molecule has 2 aliphatic heterocycles. The first-order valence-corrected chi connectivity index (χ1v) is 14.3. The molecule has 0 radical (unpaired) electrons. The van der Waals surface area contributed by atoms with Gasteiger partial charge in [0.25, 0.3) is 0 Å². The molecule has 0 unspecified atom stereocenters. The number of fused-ring (bicyclic) bond motifs is 1. The van der Waals surface area contributed by atoms with Crippen LogP contribution in [0.25, 0.3) is 10.4 Å². The van der Waals surface area contributed by atoms with E-state index in [1.165, 1.54) is 0 Å². The molecule has 5 nitrogen and oxygen atoms in total. The Morgan fingerprint density at radius 2 is 1.71 bits per heavy atom. The Morgan fingerprint density at radius 3 is 2.24 bits per heavy atom. The fourth-order valence-corrected chi connectivity index (χ4v) is 6.50. The number of quaternary nitrogens is 1. The van der Waals surface area contributed by atoms with Crippen LogP contribution >= 0.6 is 0 Å². The van der Waals surface area contributed by atoms with Crippen LogP contribution in [-0.2, 0) is 14.8 Å². The van der Waals surface area contributed by atoms with E-state index in [1.807, 2.05) is 49.5 Å². The lowest BCUT2D eigenvalue weighted by Gasteiger charge is -2.42. The average Bonchev–Trinajstić information content (AvgIpc) is 3.14. The lowest BCUT2D eigenvalue weighted by Crippen LogP contribution is -2.57. The third-order valence-corrected chi connectivity index (χ3v) is 12.5. The Hall–Kier alpha value is -2.72. The van der Waals surface area contributed by atoms with E-state index in [4.69, 9.17) is 11.0 Å². The minimum atomic E-state index is -2.10. The summed E-state index contributed by atoms with van der Waals surface area (Å²) in [6, 6.07) is 16.4. The molecule has 1 amide bonds. The largest absolute Gasteiger partial charge is 0.870 e. The summed E-state index contributed by atoms with van der Waals surface area (Å²) < 4.78 is 6.73. The maximum atomic E-state index is 14.2. The molecule has 0 spiro atoms. The third kappa shape index (κ3) is 3.63. The Balaban J connectivity index is 0.00000324. The van der Waals surface area contributed by atoms with E-state index in [-0.39, 0.29) is 40.3 Å². The van der Waals surface area contributed by atoms with Crippen molar-refractivity contribution in [1.29, 1.82) is 0 Å². The van der Waals surface area contributed by atoms with Gasteiger partial charge in [0.1, 0.15) is 18.2 Å². The number of likely N-dealkylation sites (N-methyl/N-ethyl adjacent to an activating group) is 1. The van der Waals surface area contributed by atoms with Gasteiger partial charge in [0.2, 0.25) is 0 Å². The van der Waals surface area contributed by atoms with Gasteiger partial charge in [0, 0.05) is 12.0 Å². The van der Waals surface area contributed by atoms with Crippen molar-refractivity contribution in [3.63, 3.8) is 0 Å². The molecule has 1 saturated heterocycles. The summed E-state index contributed by atoms with van der Waals surface area (Å²) in [5.74, 6) is -0.292. The predicted molar refractivity (Wildman–Crippen MR) is 137 cm³/mol. The van der Waals surface area contributed by atoms with Crippen molar-refractivity contribution in [2.24, 2.45) is 0 Å². The van der Waals surface area contributed by atoms with Crippen LogP contribution in [0.5, 0.6) is 0 Å². The molecular formula is C28H36N2O3Si. The van der Waals surface area contributed by atoms with Gasteiger partial charge < -0.3 is 9.53 Å². The van der Waals surface area contributed by atoms with Crippen molar-refractivity contribution in [3.05, 3.63) is 82.9 Å². The smallest absolute Gasteiger partial charge is 0.346 e. The highest BCUT2D eigenvalue weighted by molar-refractivity contribution is 6.74. The molecule has 6 heteroatoms. The lowest BCUT2D eigenvalue weighted by molar-refractivity contribution is -0.875. The van der Waals surface area contributed by atoms with Crippen LogP contribution in [0, 0.1) is 6.57 Å². The van der Waals surface area contributed by atoms with Crippen molar-refractivity contribution >= 4 is 25.5 Å². The molecule has 0 bridgehead atoms. The first-order valence-electron chi connectivity index (χ1n) is 11.4. The number of hydrogen-bond acceptors (Lipinski definition) is 3. The molecule has 0 N–H and O–H groups in total. The molecule has 180 valence electrons. The van der Waals surface area contributed by atoms with Crippen molar-refractivity contribution < 1.29 is 18.8 Å². The van der Waals surface area contributed by atoms with Gasteiger partial charge >= 0.3 is 5.91 Å². The number of rotatable bonds is 4. The van der Waals surface area contributed by atoms with Crippen LogP contribution in [0.1, 0.15) is 45.7 Å². The van der Waals surface area contributed by atoms with Crippen LogP contribution in [0.15, 0.2) is 60.4 Å². The molecule has 34 heavy (non-hydrogen) atoms. The second kappa shape index (κ2) is 8.49. The van der Waals surface area contributed by atoms with E-state index in [1.54, 1.807) is 12.1 Å². The zero-order valence-corrected chi connectivity index (χ0v) is 21.3. The van der Waals surface area contributed by atoms with Gasteiger partial charge in [-0.05, 0) is 29.5 Å². The summed E-state index contributed by atoms with van der Waals surface area (Å²) in [5, 5.41) is 14.2. The zero-order chi connectivity index (χ0) is 24.2. The van der Waals surface area contributed by atoms with Gasteiger partial charge in [-0.2, -0.15) is 0 Å². The highest BCUT2D eigenvalue weighted by atomic mass is 28.4. The zero-order valence-electron chi connectivity index (χ0n) is 20.3. The molecule has 2 heterocycles. The molecular weight excluding hydrogens is 440 g/mol. The minimum absolute atomic E-state index is 0. The van der Waals surface area contributed by atoms with Crippen molar-refractivity contribution in [2.45, 2.75) is 64.4 Å². The fourth-order valence-electron chi connectivity index (χ4n) is 5.16. The van der Waals surface area contributed by atoms with E-state index in [0.717, 1.165) is 5.56 Å². The predicted octanol–water partition coefficient (Wildman–Crippen LogP) is 5.62. The molecule has 0 saturated carbocycles. The van der Waals surface area contributed by atoms with Gasteiger partial charge in [0.15, 0.2) is 14.0 Å². The SMILES string of the molecule is C.[C-]#[N+]c1ccc([C@]23C[C@H](O[Si](C)(C)C(C)(C)C)C[N@@+]2(C)C(=O)C(c2ccccc2)=C3[O-])cc1. The van der Waals surface area contributed by atoms with Gasteiger partial charge in [0.05, 0.1) is 19.2 Å². The summed E-state index contributed by atoms with van der Waals surface area (Å²) in [6.07, 6.45) is 0.260. The second-order valence-corrected chi connectivity index (χ2v) is 15.7. The Labute approximate surface area is 205 Å². The molecule has 1 fully saturated rings. The maximum Gasteiger partial charge on any atom is 0.346 e. The van der Waals surface area contributed by atoms with Gasteiger partial charge in [-0.15, -0.1) is 0 Å². The van der Waals surface area contributed by atoms with E-state index < -0.39 is 13.9 Å². The highest BCUT2D eigenvalue weighted by Crippen LogP contribution is 2.56. The molecule has 2 aromatic rings. The number of carbonyl (C=O) groups is 1. The fraction of sp³-hybridized carbons (Fsp3) is 0.429. The van der Waals surface area contributed by atoms with Crippen LogP contribution < -0.4 is 5.11 Å². The van der Waals surface area contributed by atoms with E-state index in [0.29, 0.717) is 24.2 Å². The number of benzene rings is 2. The van der Waals surface area contributed by atoms with Gasteiger partial charge in [-0.1, -0.05) is 82.8 Å². The Bertz CT molecular complexity index is 1160. The third-order valence-electron chi connectivity index (χ3n) is 8.00. The second-order valence-electron chi connectivity index (χ2n) is 11.0. The standard InChI is InChI=1S/C27H32N2O3Si.CH4/c1-26(2,3)33(6,7)32-22-17-27(20-13-15-21(28-4)16-14-20)24(30)23(19-11-9-8-10-12-19)25(31)29(27,5)18-22;/h8-16,22H,17-18H2,1-3,5-7H3;1H4/t22-,27-,29-;/m0./s1. The van der Waals surface area contributed by atoms with Crippen LogP contribution in [0.2, 0.25) is 18.1 Å². The van der Waals surface area contributed by atoms with Crippen LogP contribution in [0.4, 0.5) is 5.69 Å². The summed E-state index contributed by atoms with van der Waals surface area (Å²) in [5.41, 5.74) is 1.19. The van der Waals surface area contributed by atoms with E-state index in [9.17, 15) is 9.90 Å². The molecule has 4 rings (SSSR count). The first kappa shape index (κ1) is 25.9. The normalized spacial score (nSPS) is 26.7. The lowest BCUT2D eigenvalue weighted by atomic mass is 9.84. The Morgan fingerprint density at radius 1 is 1.12 bits per heavy atom. The van der Waals surface area contributed by atoms with Gasteiger partial charge in [-0.3, -0.25) is 0 Å². The van der Waals surface area contributed by atoms with Crippen molar-refractivity contribution in [3.8, 4) is 0 Å². The number of amides is 1. The number of hydrogen-bond donors (Lipinski definition) is 0. The molecule has 2 aliphatic rings. The average molecular weight is 477 g/mol. The maximum absolute atomic E-state index is 14.2. The van der Waals surface area contributed by atoms with Crippen LogP contribution in [-0.4, -0.2) is 38.4 Å². The van der Waals surface area contributed by atoms with Crippen molar-refractivity contribution in [1.82, 2.24) is 0 Å². The molecule has 2 aromatic carbocycles. The quantitative estimate of drug-likeness (QED) is 0.327. The summed E-state index contributed by atoms with van der Waals surface area (Å²) in [6.45, 7) is 18.8. The number of nitrogens with zero attached hydrogens (tertiary/aromatic N) is 2. The highest BCUT2D eigenvalue weighted by Gasteiger charge is 2.67. The summed E-state index contributed by atoms with van der Waals surface area (Å²) in [7, 11) is -0.221. The van der Waals surface area contributed by atoms with E-state index in [2.05, 4.69) is 38.7 Å². The number of carbonyl (C=O) groups excluding carboxylic acids is 1. The minimum Gasteiger partial charge on any atom is -0.870 e. The molecule has 3 atom stereocenters. The monoisotopic (exact) mass is 476 g/mol. The first-order chi connectivity index (χ1) is 15.4.